The Hall–Kier alpha value is -1.73. The van der Waals surface area contributed by atoms with Crippen LogP contribution in [0, 0.1) is 11.3 Å². The molecule has 2 unspecified atom stereocenters. The lowest BCUT2D eigenvalue weighted by molar-refractivity contribution is 0.354. The first-order valence-corrected chi connectivity index (χ1v) is 5.50. The van der Waals surface area contributed by atoms with Crippen LogP contribution in [0.2, 0.25) is 0 Å². The minimum Gasteiger partial charge on any atom is -0.493 e. The number of methoxy groups -OCH3 is 2. The van der Waals surface area contributed by atoms with Crippen LogP contribution in [0.3, 0.4) is 0 Å². The fraction of sp³-hybridized carbons (Fsp3) is 0.462. The summed E-state index contributed by atoms with van der Waals surface area (Å²) in [6.45, 7) is 3.84. The van der Waals surface area contributed by atoms with Gasteiger partial charge in [0.1, 0.15) is 0 Å². The topological polar surface area (TPSA) is 54.3 Å². The number of nitrogens with zero attached hydrogens (tertiary/aromatic N) is 1. The monoisotopic (exact) mass is 234 g/mol. The minimum atomic E-state index is -0.182. The highest BCUT2D eigenvalue weighted by Crippen LogP contribution is 2.29. The van der Waals surface area contributed by atoms with Crippen LogP contribution in [0.15, 0.2) is 18.2 Å². The maximum absolute atomic E-state index is 8.76. The van der Waals surface area contributed by atoms with Crippen molar-refractivity contribution >= 4 is 0 Å². The maximum atomic E-state index is 8.76. The maximum Gasteiger partial charge on any atom is 0.161 e. The summed E-state index contributed by atoms with van der Waals surface area (Å²) >= 11 is 0. The molecule has 4 heteroatoms. The second-order valence-electron chi connectivity index (χ2n) is 3.85. The molecule has 0 amide bonds. The smallest absolute Gasteiger partial charge is 0.161 e. The molecule has 1 aromatic rings. The van der Waals surface area contributed by atoms with E-state index in [2.05, 4.69) is 11.4 Å². The van der Waals surface area contributed by atoms with Crippen molar-refractivity contribution in [2.45, 2.75) is 25.9 Å². The lowest BCUT2D eigenvalue weighted by Gasteiger charge is -2.17. The summed E-state index contributed by atoms with van der Waals surface area (Å²) in [4.78, 5) is 0. The third kappa shape index (κ3) is 3.36. The van der Waals surface area contributed by atoms with Gasteiger partial charge < -0.3 is 9.47 Å². The fourth-order valence-electron chi connectivity index (χ4n) is 1.63. The summed E-state index contributed by atoms with van der Waals surface area (Å²) in [7, 11) is 3.22. The van der Waals surface area contributed by atoms with E-state index >= 15 is 0 Å². The van der Waals surface area contributed by atoms with Crippen molar-refractivity contribution in [1.82, 2.24) is 5.32 Å². The molecule has 0 heterocycles. The summed E-state index contributed by atoms with van der Waals surface area (Å²) in [5, 5.41) is 11.9. The SMILES string of the molecule is COc1ccc(C(C)NC(C)C#N)cc1OC. The zero-order chi connectivity index (χ0) is 12.8. The van der Waals surface area contributed by atoms with Gasteiger partial charge in [0, 0.05) is 6.04 Å². The Morgan fingerprint density at radius 3 is 2.35 bits per heavy atom. The van der Waals surface area contributed by atoms with E-state index in [1.165, 1.54) is 0 Å². The molecule has 0 aliphatic carbocycles. The summed E-state index contributed by atoms with van der Waals surface area (Å²) in [6, 6.07) is 7.80. The lowest BCUT2D eigenvalue weighted by atomic mass is 10.1. The first-order chi connectivity index (χ1) is 8.12. The number of nitrogens with one attached hydrogen (secondary N) is 1. The van der Waals surface area contributed by atoms with E-state index in [1.807, 2.05) is 32.0 Å². The van der Waals surface area contributed by atoms with Gasteiger partial charge in [0.05, 0.1) is 26.3 Å². The van der Waals surface area contributed by atoms with E-state index in [-0.39, 0.29) is 12.1 Å². The van der Waals surface area contributed by atoms with E-state index in [4.69, 9.17) is 14.7 Å². The molecular formula is C13H18N2O2. The minimum absolute atomic E-state index is 0.0875. The van der Waals surface area contributed by atoms with Crippen molar-refractivity contribution in [2.24, 2.45) is 0 Å². The highest BCUT2D eigenvalue weighted by atomic mass is 16.5. The van der Waals surface area contributed by atoms with Gasteiger partial charge in [0.15, 0.2) is 11.5 Å². The average Bonchev–Trinajstić information content (AvgIpc) is 2.37. The van der Waals surface area contributed by atoms with Gasteiger partial charge in [0.25, 0.3) is 0 Å². The molecule has 0 saturated heterocycles. The fourth-order valence-corrected chi connectivity index (χ4v) is 1.63. The largest absolute Gasteiger partial charge is 0.493 e. The van der Waals surface area contributed by atoms with Gasteiger partial charge in [-0.1, -0.05) is 6.07 Å². The molecule has 1 N–H and O–H groups in total. The Labute approximate surface area is 102 Å². The molecule has 17 heavy (non-hydrogen) atoms. The zero-order valence-corrected chi connectivity index (χ0v) is 10.7. The van der Waals surface area contributed by atoms with Crippen molar-refractivity contribution in [3.05, 3.63) is 23.8 Å². The molecule has 0 bridgehead atoms. The Bertz CT molecular complexity index is 412. The zero-order valence-electron chi connectivity index (χ0n) is 10.7. The van der Waals surface area contributed by atoms with Gasteiger partial charge in [-0.2, -0.15) is 5.26 Å². The molecule has 0 aromatic heterocycles. The number of rotatable bonds is 5. The van der Waals surface area contributed by atoms with Crippen LogP contribution in [-0.2, 0) is 0 Å². The molecule has 0 radical (unpaired) electrons. The number of ether oxygens (including phenoxy) is 2. The quantitative estimate of drug-likeness (QED) is 0.849. The van der Waals surface area contributed by atoms with Crippen molar-refractivity contribution < 1.29 is 9.47 Å². The molecule has 1 aromatic carbocycles. The van der Waals surface area contributed by atoms with Crippen LogP contribution in [0.4, 0.5) is 0 Å². The summed E-state index contributed by atoms with van der Waals surface area (Å²) < 4.78 is 10.4. The van der Waals surface area contributed by atoms with Crippen LogP contribution in [0.5, 0.6) is 11.5 Å². The van der Waals surface area contributed by atoms with Crippen LogP contribution >= 0.6 is 0 Å². The first kappa shape index (κ1) is 13.3. The highest BCUT2D eigenvalue weighted by molar-refractivity contribution is 5.43. The van der Waals surface area contributed by atoms with Crippen molar-refractivity contribution in [3.8, 4) is 17.6 Å². The van der Waals surface area contributed by atoms with Crippen LogP contribution in [0.25, 0.3) is 0 Å². The molecule has 0 fully saturated rings. The van der Waals surface area contributed by atoms with Gasteiger partial charge >= 0.3 is 0 Å². The van der Waals surface area contributed by atoms with Crippen molar-refractivity contribution in [2.75, 3.05) is 14.2 Å². The molecule has 0 spiro atoms. The molecule has 4 nitrogen and oxygen atoms in total. The predicted molar refractivity (Wildman–Crippen MR) is 66.2 cm³/mol. The highest BCUT2D eigenvalue weighted by Gasteiger charge is 2.11. The molecule has 92 valence electrons. The van der Waals surface area contributed by atoms with Gasteiger partial charge in [-0.25, -0.2) is 0 Å². The van der Waals surface area contributed by atoms with Crippen molar-refractivity contribution in [1.29, 1.82) is 5.26 Å². The molecule has 0 aliphatic heterocycles. The van der Waals surface area contributed by atoms with Crippen molar-refractivity contribution in [3.63, 3.8) is 0 Å². The normalized spacial score (nSPS) is 13.6. The summed E-state index contributed by atoms with van der Waals surface area (Å²) in [5.74, 6) is 1.40. The van der Waals surface area contributed by atoms with E-state index in [0.717, 1.165) is 5.56 Å². The third-order valence-electron chi connectivity index (χ3n) is 2.60. The number of nitriles is 1. The van der Waals surface area contributed by atoms with Gasteiger partial charge in [-0.3, -0.25) is 5.32 Å². The molecule has 2 atom stereocenters. The second kappa shape index (κ2) is 6.12. The summed E-state index contributed by atoms with van der Waals surface area (Å²) in [5.41, 5.74) is 1.06. The predicted octanol–water partition coefficient (Wildman–Crippen LogP) is 2.27. The molecular weight excluding hydrogens is 216 g/mol. The van der Waals surface area contributed by atoms with Crippen LogP contribution in [0.1, 0.15) is 25.5 Å². The number of hydrogen-bond donors (Lipinski definition) is 1. The molecule has 0 saturated carbocycles. The first-order valence-electron chi connectivity index (χ1n) is 5.50. The lowest BCUT2D eigenvalue weighted by Crippen LogP contribution is -2.27. The van der Waals surface area contributed by atoms with Crippen LogP contribution in [-0.4, -0.2) is 20.3 Å². The molecule has 1 rings (SSSR count). The van der Waals surface area contributed by atoms with E-state index in [9.17, 15) is 0 Å². The Morgan fingerprint density at radius 1 is 1.18 bits per heavy atom. The van der Waals surface area contributed by atoms with Gasteiger partial charge in [-0.05, 0) is 31.5 Å². The third-order valence-corrected chi connectivity index (χ3v) is 2.60. The van der Waals surface area contributed by atoms with E-state index in [1.54, 1.807) is 14.2 Å². The Balaban J connectivity index is 2.88. The number of benzene rings is 1. The van der Waals surface area contributed by atoms with Gasteiger partial charge in [-0.15, -0.1) is 0 Å². The Morgan fingerprint density at radius 2 is 1.82 bits per heavy atom. The standard InChI is InChI=1S/C13H18N2O2/c1-9(8-14)15-10(2)11-5-6-12(16-3)13(7-11)17-4/h5-7,9-10,15H,1-4H3. The second-order valence-corrected chi connectivity index (χ2v) is 3.85. The van der Waals surface area contributed by atoms with Crippen LogP contribution < -0.4 is 14.8 Å². The molecule has 0 aliphatic rings. The van der Waals surface area contributed by atoms with Gasteiger partial charge in [0.2, 0.25) is 0 Å². The Kier molecular flexibility index (Phi) is 4.80. The number of hydrogen-bond acceptors (Lipinski definition) is 4. The van der Waals surface area contributed by atoms with E-state index < -0.39 is 0 Å². The average molecular weight is 234 g/mol. The summed E-state index contributed by atoms with van der Waals surface area (Å²) in [6.07, 6.45) is 0. The van der Waals surface area contributed by atoms with E-state index in [0.29, 0.717) is 11.5 Å².